The summed E-state index contributed by atoms with van der Waals surface area (Å²) in [5.41, 5.74) is 3.19. The smallest absolute Gasteiger partial charge is 0.226 e. The molecule has 0 spiro atoms. The van der Waals surface area contributed by atoms with Crippen LogP contribution in [0.2, 0.25) is 0 Å². The molecule has 0 aliphatic heterocycles. The maximum atomic E-state index is 5.35. The fourth-order valence-corrected chi connectivity index (χ4v) is 2.53. The van der Waals surface area contributed by atoms with E-state index in [-0.39, 0.29) is 0 Å². The van der Waals surface area contributed by atoms with Crippen LogP contribution in [0.3, 0.4) is 0 Å². The molecule has 0 saturated heterocycles. The van der Waals surface area contributed by atoms with E-state index in [4.69, 9.17) is 4.74 Å². The van der Waals surface area contributed by atoms with Gasteiger partial charge in [-0.05, 0) is 17.9 Å². The van der Waals surface area contributed by atoms with Gasteiger partial charge in [-0.3, -0.25) is 0 Å². The molecule has 0 radical (unpaired) electrons. The first-order chi connectivity index (χ1) is 9.80. The fraction of sp³-hybridized carbons (Fsp3) is 0.200. The number of ether oxygens (including phenoxy) is 1. The van der Waals surface area contributed by atoms with E-state index in [0.717, 1.165) is 23.1 Å². The number of nitrogens with zero attached hydrogens (tertiary/aromatic N) is 2. The molecular formula is C15H15N3OS. The highest BCUT2D eigenvalue weighted by Crippen LogP contribution is 2.26. The Morgan fingerprint density at radius 2 is 2.00 bits per heavy atom. The molecule has 3 aromatic rings. The Morgan fingerprint density at radius 3 is 2.70 bits per heavy atom. The van der Waals surface area contributed by atoms with Crippen molar-refractivity contribution < 1.29 is 4.74 Å². The number of thioether (sulfide) groups is 1. The predicted octanol–water partition coefficient (Wildman–Crippen LogP) is 3.28. The molecule has 0 atom stereocenters. The standard InChI is InChI=1S/C15H15N3OS/c1-19-14-12-9-11(8-10-6-4-3-5-7-10)16-13(12)17-15(18-14)20-2/h3-7,9H,8H2,1-2H3,(H,16,17,18). The van der Waals surface area contributed by atoms with Gasteiger partial charge in [0.15, 0.2) is 5.16 Å². The molecule has 102 valence electrons. The van der Waals surface area contributed by atoms with Crippen molar-refractivity contribution in [3.8, 4) is 5.88 Å². The first kappa shape index (κ1) is 13.0. The monoisotopic (exact) mass is 285 g/mol. The van der Waals surface area contributed by atoms with E-state index < -0.39 is 0 Å². The number of hydrogen-bond donors (Lipinski definition) is 1. The zero-order valence-corrected chi connectivity index (χ0v) is 12.2. The minimum Gasteiger partial charge on any atom is -0.480 e. The van der Waals surface area contributed by atoms with Crippen molar-refractivity contribution in [2.75, 3.05) is 13.4 Å². The molecule has 0 unspecified atom stereocenters. The first-order valence-electron chi connectivity index (χ1n) is 6.31. The predicted molar refractivity (Wildman–Crippen MR) is 81.5 cm³/mol. The van der Waals surface area contributed by atoms with Crippen LogP contribution in [0.4, 0.5) is 0 Å². The van der Waals surface area contributed by atoms with Crippen LogP contribution >= 0.6 is 11.8 Å². The van der Waals surface area contributed by atoms with E-state index in [1.165, 1.54) is 17.3 Å². The summed E-state index contributed by atoms with van der Waals surface area (Å²) in [5.74, 6) is 0.620. The third kappa shape index (κ3) is 2.49. The first-order valence-corrected chi connectivity index (χ1v) is 7.54. The lowest BCUT2D eigenvalue weighted by Crippen LogP contribution is -1.93. The molecule has 0 aliphatic carbocycles. The van der Waals surface area contributed by atoms with Crippen LogP contribution in [0, 0.1) is 0 Å². The molecule has 0 aliphatic rings. The van der Waals surface area contributed by atoms with Gasteiger partial charge in [-0.25, -0.2) is 4.98 Å². The molecule has 2 heterocycles. The van der Waals surface area contributed by atoms with Gasteiger partial charge < -0.3 is 9.72 Å². The second-order valence-electron chi connectivity index (χ2n) is 4.44. The van der Waals surface area contributed by atoms with Crippen molar-refractivity contribution in [3.05, 3.63) is 47.7 Å². The minimum atomic E-state index is 0.620. The molecular weight excluding hydrogens is 270 g/mol. The van der Waals surface area contributed by atoms with Gasteiger partial charge in [0, 0.05) is 12.1 Å². The van der Waals surface area contributed by atoms with Crippen LogP contribution in [0.25, 0.3) is 11.0 Å². The number of fused-ring (bicyclic) bond motifs is 1. The van der Waals surface area contributed by atoms with Gasteiger partial charge in [0.2, 0.25) is 5.88 Å². The van der Waals surface area contributed by atoms with Gasteiger partial charge in [-0.1, -0.05) is 42.1 Å². The molecule has 1 N–H and O–H groups in total. The summed E-state index contributed by atoms with van der Waals surface area (Å²) in [6, 6.07) is 12.4. The van der Waals surface area contributed by atoms with Gasteiger partial charge in [0.1, 0.15) is 5.65 Å². The number of hydrogen-bond acceptors (Lipinski definition) is 4. The van der Waals surface area contributed by atoms with Gasteiger partial charge >= 0.3 is 0 Å². The number of benzene rings is 1. The summed E-state index contributed by atoms with van der Waals surface area (Å²) in [4.78, 5) is 12.2. The number of aromatic amines is 1. The minimum absolute atomic E-state index is 0.620. The zero-order valence-electron chi connectivity index (χ0n) is 11.4. The van der Waals surface area contributed by atoms with Crippen LogP contribution in [-0.4, -0.2) is 28.3 Å². The largest absolute Gasteiger partial charge is 0.480 e. The van der Waals surface area contributed by atoms with Crippen LogP contribution in [0.5, 0.6) is 5.88 Å². The summed E-state index contributed by atoms with van der Waals surface area (Å²) in [5, 5.41) is 1.64. The van der Waals surface area contributed by atoms with Crippen LogP contribution in [-0.2, 0) is 6.42 Å². The molecule has 0 saturated carbocycles. The second kappa shape index (κ2) is 5.54. The number of rotatable bonds is 4. The summed E-state index contributed by atoms with van der Waals surface area (Å²) < 4.78 is 5.35. The topological polar surface area (TPSA) is 50.8 Å². The summed E-state index contributed by atoms with van der Waals surface area (Å²) >= 11 is 1.50. The van der Waals surface area contributed by atoms with Gasteiger partial charge in [-0.2, -0.15) is 4.98 Å². The lowest BCUT2D eigenvalue weighted by molar-refractivity contribution is 0.398. The molecule has 0 fully saturated rings. The Kier molecular flexibility index (Phi) is 3.60. The number of methoxy groups -OCH3 is 1. The summed E-state index contributed by atoms with van der Waals surface area (Å²) in [7, 11) is 1.63. The normalized spacial score (nSPS) is 10.9. The van der Waals surface area contributed by atoms with Crippen molar-refractivity contribution in [1.29, 1.82) is 0 Å². The Balaban J connectivity index is 2.01. The van der Waals surface area contributed by atoms with Crippen molar-refractivity contribution >= 4 is 22.8 Å². The Morgan fingerprint density at radius 1 is 1.20 bits per heavy atom. The summed E-state index contributed by atoms with van der Waals surface area (Å²) in [6.45, 7) is 0. The highest BCUT2D eigenvalue weighted by Gasteiger charge is 2.11. The summed E-state index contributed by atoms with van der Waals surface area (Å²) in [6.07, 6.45) is 2.80. The van der Waals surface area contributed by atoms with E-state index in [1.54, 1.807) is 7.11 Å². The molecule has 2 aromatic heterocycles. The van der Waals surface area contributed by atoms with Crippen LogP contribution in [0.15, 0.2) is 41.6 Å². The van der Waals surface area contributed by atoms with E-state index >= 15 is 0 Å². The maximum Gasteiger partial charge on any atom is 0.226 e. The van der Waals surface area contributed by atoms with Crippen molar-refractivity contribution in [3.63, 3.8) is 0 Å². The van der Waals surface area contributed by atoms with E-state index in [1.807, 2.05) is 24.5 Å². The molecule has 4 nitrogen and oxygen atoms in total. The van der Waals surface area contributed by atoms with Gasteiger partial charge in [-0.15, -0.1) is 0 Å². The molecule has 20 heavy (non-hydrogen) atoms. The van der Waals surface area contributed by atoms with Gasteiger partial charge in [0.25, 0.3) is 0 Å². The Bertz CT molecular complexity index is 725. The lowest BCUT2D eigenvalue weighted by Gasteiger charge is -2.01. The van der Waals surface area contributed by atoms with Crippen molar-refractivity contribution in [1.82, 2.24) is 15.0 Å². The molecule has 3 rings (SSSR count). The third-order valence-corrected chi connectivity index (χ3v) is 3.65. The molecule has 1 aromatic carbocycles. The quantitative estimate of drug-likeness (QED) is 0.590. The number of aromatic nitrogens is 3. The fourth-order valence-electron chi connectivity index (χ4n) is 2.17. The third-order valence-electron chi connectivity index (χ3n) is 3.10. The lowest BCUT2D eigenvalue weighted by atomic mass is 10.1. The van der Waals surface area contributed by atoms with E-state index in [9.17, 15) is 0 Å². The van der Waals surface area contributed by atoms with Crippen molar-refractivity contribution in [2.24, 2.45) is 0 Å². The number of H-pyrrole nitrogens is 1. The highest BCUT2D eigenvalue weighted by atomic mass is 32.2. The Hall–Kier alpha value is -2.01. The molecule has 0 bridgehead atoms. The van der Waals surface area contributed by atoms with Crippen LogP contribution in [0.1, 0.15) is 11.3 Å². The zero-order chi connectivity index (χ0) is 13.9. The Labute approximate surface area is 121 Å². The van der Waals surface area contributed by atoms with E-state index in [0.29, 0.717) is 11.0 Å². The average molecular weight is 285 g/mol. The second-order valence-corrected chi connectivity index (χ2v) is 5.21. The number of nitrogens with one attached hydrogen (secondary N) is 1. The molecule has 0 amide bonds. The molecule has 5 heteroatoms. The van der Waals surface area contributed by atoms with Crippen LogP contribution < -0.4 is 4.74 Å². The highest BCUT2D eigenvalue weighted by molar-refractivity contribution is 7.98. The SMILES string of the molecule is COc1nc(SC)nc2[nH]c(Cc3ccccc3)cc12. The van der Waals surface area contributed by atoms with Gasteiger partial charge in [0.05, 0.1) is 12.5 Å². The van der Waals surface area contributed by atoms with Crippen molar-refractivity contribution in [2.45, 2.75) is 11.6 Å². The van der Waals surface area contributed by atoms with E-state index in [2.05, 4.69) is 33.2 Å². The average Bonchev–Trinajstić information content (AvgIpc) is 2.89. The maximum absolute atomic E-state index is 5.35.